The van der Waals surface area contributed by atoms with Gasteiger partial charge in [0.05, 0.1) is 0 Å². The summed E-state index contributed by atoms with van der Waals surface area (Å²) < 4.78 is 0. The summed E-state index contributed by atoms with van der Waals surface area (Å²) in [5.41, 5.74) is 1.47. The first-order chi connectivity index (χ1) is 10.4. The molecule has 3 aliphatic rings. The van der Waals surface area contributed by atoms with E-state index in [2.05, 4.69) is 45.4 Å². The summed E-state index contributed by atoms with van der Waals surface area (Å²) >= 11 is 0. The van der Waals surface area contributed by atoms with Crippen molar-refractivity contribution >= 4 is 0 Å². The average Bonchev–Trinajstić information content (AvgIpc) is 3.11. The molecule has 114 valence electrons. The third-order valence-electron chi connectivity index (χ3n) is 5.74. The van der Waals surface area contributed by atoms with E-state index in [1.54, 1.807) is 0 Å². The van der Waals surface area contributed by atoms with E-state index in [1.807, 2.05) is 0 Å². The molecule has 3 heteroatoms. The minimum atomic E-state index is 0.806. The van der Waals surface area contributed by atoms with Crippen LogP contribution in [-0.2, 0) is 6.54 Å². The highest BCUT2D eigenvalue weighted by molar-refractivity contribution is 5.15. The fourth-order valence-corrected chi connectivity index (χ4v) is 4.57. The van der Waals surface area contributed by atoms with Gasteiger partial charge >= 0.3 is 0 Å². The van der Waals surface area contributed by atoms with Gasteiger partial charge in [0, 0.05) is 31.7 Å². The minimum Gasteiger partial charge on any atom is -0.317 e. The lowest BCUT2D eigenvalue weighted by Crippen LogP contribution is -2.44. The molecule has 21 heavy (non-hydrogen) atoms. The molecule has 4 rings (SSSR count). The van der Waals surface area contributed by atoms with Crippen molar-refractivity contribution < 1.29 is 0 Å². The maximum absolute atomic E-state index is 3.49. The van der Waals surface area contributed by atoms with Crippen LogP contribution in [0.1, 0.15) is 24.8 Å². The molecule has 2 atom stereocenters. The smallest absolute Gasteiger partial charge is 0.0267 e. The van der Waals surface area contributed by atoms with Gasteiger partial charge in [0.25, 0.3) is 0 Å². The third-order valence-corrected chi connectivity index (χ3v) is 5.74. The van der Waals surface area contributed by atoms with Crippen molar-refractivity contribution in [1.29, 1.82) is 0 Å². The maximum atomic E-state index is 3.49. The zero-order valence-electron chi connectivity index (χ0n) is 12.9. The fraction of sp³-hybridized carbons (Fsp3) is 0.667. The zero-order chi connectivity index (χ0) is 14.1. The first-order valence-electron chi connectivity index (χ1n) is 8.63. The average molecular weight is 285 g/mol. The minimum absolute atomic E-state index is 0.806. The molecular formula is C18H27N3. The summed E-state index contributed by atoms with van der Waals surface area (Å²) in [6, 6.07) is 12.6. The lowest BCUT2D eigenvalue weighted by molar-refractivity contribution is 0.163. The Balaban J connectivity index is 1.39. The van der Waals surface area contributed by atoms with E-state index in [4.69, 9.17) is 0 Å². The molecule has 1 aromatic carbocycles. The molecule has 2 unspecified atom stereocenters. The van der Waals surface area contributed by atoms with Gasteiger partial charge in [-0.2, -0.15) is 0 Å². The number of rotatable bonds is 3. The van der Waals surface area contributed by atoms with E-state index in [-0.39, 0.29) is 0 Å². The summed E-state index contributed by atoms with van der Waals surface area (Å²) in [5, 5.41) is 3.49. The van der Waals surface area contributed by atoms with E-state index < -0.39 is 0 Å². The summed E-state index contributed by atoms with van der Waals surface area (Å²) in [6.45, 7) is 7.52. The third kappa shape index (κ3) is 2.87. The Morgan fingerprint density at radius 1 is 1.00 bits per heavy atom. The van der Waals surface area contributed by atoms with Crippen molar-refractivity contribution in [2.45, 2.75) is 37.9 Å². The number of likely N-dealkylation sites (tertiary alicyclic amines) is 2. The zero-order valence-corrected chi connectivity index (χ0v) is 12.9. The molecule has 3 nitrogen and oxygen atoms in total. The van der Waals surface area contributed by atoms with Crippen LogP contribution < -0.4 is 5.32 Å². The molecule has 3 heterocycles. The first kappa shape index (κ1) is 13.7. The second kappa shape index (κ2) is 6.07. The molecule has 3 aliphatic heterocycles. The number of hydrogen-bond donors (Lipinski definition) is 1. The van der Waals surface area contributed by atoms with Gasteiger partial charge in [-0.3, -0.25) is 9.80 Å². The highest BCUT2D eigenvalue weighted by atomic mass is 15.3. The van der Waals surface area contributed by atoms with Crippen LogP contribution in [-0.4, -0.2) is 54.6 Å². The monoisotopic (exact) mass is 285 g/mol. The van der Waals surface area contributed by atoms with Crippen LogP contribution in [0.3, 0.4) is 0 Å². The standard InChI is InChI=1S/C18H27N3/c1-2-4-15(5-3-1)12-20-11-8-16-13-21(14-18(16)20)17-6-9-19-10-7-17/h1-5,16-19H,6-14H2. The van der Waals surface area contributed by atoms with Gasteiger partial charge in [-0.1, -0.05) is 30.3 Å². The maximum Gasteiger partial charge on any atom is 0.0267 e. The van der Waals surface area contributed by atoms with Crippen molar-refractivity contribution in [2.75, 3.05) is 32.7 Å². The van der Waals surface area contributed by atoms with Crippen LogP contribution in [0.2, 0.25) is 0 Å². The summed E-state index contributed by atoms with van der Waals surface area (Å²) in [5.74, 6) is 0.920. The first-order valence-corrected chi connectivity index (χ1v) is 8.63. The number of nitrogens with one attached hydrogen (secondary N) is 1. The molecule has 0 aromatic heterocycles. The van der Waals surface area contributed by atoms with E-state index in [9.17, 15) is 0 Å². The molecule has 0 bridgehead atoms. The van der Waals surface area contributed by atoms with E-state index in [0.717, 1.165) is 24.5 Å². The Labute approximate surface area is 128 Å². The second-order valence-electron chi connectivity index (χ2n) is 7.01. The lowest BCUT2D eigenvalue weighted by Gasteiger charge is -2.33. The van der Waals surface area contributed by atoms with Gasteiger partial charge in [0.1, 0.15) is 0 Å². The van der Waals surface area contributed by atoms with Gasteiger partial charge in [-0.05, 0) is 50.4 Å². The Bertz CT molecular complexity index is 455. The molecule has 3 saturated heterocycles. The Morgan fingerprint density at radius 3 is 2.62 bits per heavy atom. The van der Waals surface area contributed by atoms with Gasteiger partial charge in [-0.25, -0.2) is 0 Å². The number of hydrogen-bond acceptors (Lipinski definition) is 3. The quantitative estimate of drug-likeness (QED) is 0.916. The largest absolute Gasteiger partial charge is 0.317 e. The van der Waals surface area contributed by atoms with E-state index in [0.29, 0.717) is 0 Å². The van der Waals surface area contributed by atoms with Gasteiger partial charge in [-0.15, -0.1) is 0 Å². The van der Waals surface area contributed by atoms with Crippen LogP contribution in [0.4, 0.5) is 0 Å². The van der Waals surface area contributed by atoms with Gasteiger partial charge in [0.15, 0.2) is 0 Å². The molecule has 0 aliphatic carbocycles. The fourth-order valence-electron chi connectivity index (χ4n) is 4.57. The van der Waals surface area contributed by atoms with Crippen molar-refractivity contribution in [3.8, 4) is 0 Å². The molecule has 1 N–H and O–H groups in total. The molecule has 0 spiro atoms. The number of piperidine rings is 1. The van der Waals surface area contributed by atoms with Crippen LogP contribution >= 0.6 is 0 Å². The summed E-state index contributed by atoms with van der Waals surface area (Å²) in [7, 11) is 0. The van der Waals surface area contributed by atoms with Gasteiger partial charge < -0.3 is 5.32 Å². The van der Waals surface area contributed by atoms with Crippen LogP contribution in [0.5, 0.6) is 0 Å². The molecule has 0 saturated carbocycles. The topological polar surface area (TPSA) is 18.5 Å². The Morgan fingerprint density at radius 2 is 1.81 bits per heavy atom. The van der Waals surface area contributed by atoms with Crippen molar-refractivity contribution in [2.24, 2.45) is 5.92 Å². The Kier molecular flexibility index (Phi) is 3.97. The predicted octanol–water partition coefficient (Wildman–Crippen LogP) is 1.94. The van der Waals surface area contributed by atoms with Crippen molar-refractivity contribution in [1.82, 2.24) is 15.1 Å². The molecular weight excluding hydrogens is 258 g/mol. The second-order valence-corrected chi connectivity index (χ2v) is 7.01. The van der Waals surface area contributed by atoms with Crippen molar-refractivity contribution in [3.05, 3.63) is 35.9 Å². The molecule has 0 amide bonds. The molecule has 3 fully saturated rings. The summed E-state index contributed by atoms with van der Waals surface area (Å²) in [4.78, 5) is 5.54. The SMILES string of the molecule is c1ccc(CN2CCC3CN(C4CCNCC4)CC32)cc1. The number of benzene rings is 1. The highest BCUT2D eigenvalue weighted by Gasteiger charge is 2.42. The van der Waals surface area contributed by atoms with Crippen molar-refractivity contribution in [3.63, 3.8) is 0 Å². The Hall–Kier alpha value is -0.900. The lowest BCUT2D eigenvalue weighted by atomic mass is 10.0. The van der Waals surface area contributed by atoms with Gasteiger partial charge in [0.2, 0.25) is 0 Å². The molecule has 1 aromatic rings. The number of fused-ring (bicyclic) bond motifs is 1. The van der Waals surface area contributed by atoms with Crippen LogP contribution in [0.15, 0.2) is 30.3 Å². The predicted molar refractivity (Wildman–Crippen MR) is 86.2 cm³/mol. The summed E-state index contributed by atoms with van der Waals surface area (Å²) in [6.07, 6.45) is 4.09. The van der Waals surface area contributed by atoms with E-state index in [1.165, 1.54) is 57.5 Å². The number of nitrogens with zero attached hydrogens (tertiary/aromatic N) is 2. The van der Waals surface area contributed by atoms with E-state index >= 15 is 0 Å². The molecule has 0 radical (unpaired) electrons. The highest BCUT2D eigenvalue weighted by Crippen LogP contribution is 2.34. The van der Waals surface area contributed by atoms with Crippen LogP contribution in [0, 0.1) is 5.92 Å². The normalized spacial score (nSPS) is 31.6. The van der Waals surface area contributed by atoms with Crippen LogP contribution in [0.25, 0.3) is 0 Å².